The number of carboxylic acids is 1. The Morgan fingerprint density at radius 1 is 0.913 bits per heavy atom. The smallest absolute Gasteiger partial charge is 0.330 e. The first-order valence-electron chi connectivity index (χ1n) is 7.24. The summed E-state index contributed by atoms with van der Waals surface area (Å²) in [6.07, 6.45) is 0.362. The number of aliphatic carboxylic acids is 1. The van der Waals surface area contributed by atoms with Gasteiger partial charge in [0.1, 0.15) is 11.4 Å². The van der Waals surface area contributed by atoms with E-state index in [1.165, 1.54) is 0 Å². The normalized spacial score (nSPS) is 11.0. The van der Waals surface area contributed by atoms with Gasteiger partial charge in [0, 0.05) is 12.8 Å². The van der Waals surface area contributed by atoms with Crippen molar-refractivity contribution in [1.82, 2.24) is 5.32 Å². The molecule has 23 heavy (non-hydrogen) atoms. The van der Waals surface area contributed by atoms with Gasteiger partial charge in [0.05, 0.1) is 0 Å². The first kappa shape index (κ1) is 17.0. The standard InChI is InChI=1S/C18H18ClNO3/c19-13-16(21)20-18(17(22)23,11-14-7-3-1-4-8-14)12-15-9-5-2-6-10-15/h1-10H,11-13H2,(H,20,21)(H,22,23). The van der Waals surface area contributed by atoms with E-state index in [4.69, 9.17) is 11.6 Å². The Bertz CT molecular complexity index is 617. The Morgan fingerprint density at radius 2 is 1.35 bits per heavy atom. The van der Waals surface area contributed by atoms with Crippen LogP contribution >= 0.6 is 11.6 Å². The largest absolute Gasteiger partial charge is 0.479 e. The average Bonchev–Trinajstić information content (AvgIpc) is 2.56. The maximum Gasteiger partial charge on any atom is 0.330 e. The summed E-state index contributed by atoms with van der Waals surface area (Å²) in [4.78, 5) is 23.8. The molecule has 2 N–H and O–H groups in total. The maximum atomic E-state index is 12.0. The molecule has 2 rings (SSSR count). The van der Waals surface area contributed by atoms with Gasteiger partial charge in [-0.2, -0.15) is 0 Å². The number of benzene rings is 2. The fourth-order valence-electron chi connectivity index (χ4n) is 2.54. The van der Waals surface area contributed by atoms with Crippen LogP contribution in [0.1, 0.15) is 11.1 Å². The molecule has 0 saturated carbocycles. The molecule has 0 radical (unpaired) electrons. The number of alkyl halides is 1. The van der Waals surface area contributed by atoms with E-state index in [-0.39, 0.29) is 18.7 Å². The fraction of sp³-hybridized carbons (Fsp3) is 0.222. The van der Waals surface area contributed by atoms with E-state index in [0.29, 0.717) is 0 Å². The van der Waals surface area contributed by atoms with Gasteiger partial charge in [-0.25, -0.2) is 4.79 Å². The second-order valence-electron chi connectivity index (χ2n) is 5.39. The molecule has 1 amide bonds. The lowest BCUT2D eigenvalue weighted by Gasteiger charge is -2.31. The van der Waals surface area contributed by atoms with Crippen molar-refractivity contribution in [3.05, 3.63) is 71.8 Å². The Morgan fingerprint density at radius 3 is 1.70 bits per heavy atom. The van der Waals surface area contributed by atoms with E-state index >= 15 is 0 Å². The van der Waals surface area contributed by atoms with E-state index < -0.39 is 17.4 Å². The van der Waals surface area contributed by atoms with Gasteiger partial charge in [0.2, 0.25) is 5.91 Å². The van der Waals surface area contributed by atoms with Crippen molar-refractivity contribution < 1.29 is 14.7 Å². The van der Waals surface area contributed by atoms with Crippen LogP contribution in [0.15, 0.2) is 60.7 Å². The van der Waals surface area contributed by atoms with Crippen LogP contribution in [0.2, 0.25) is 0 Å². The van der Waals surface area contributed by atoms with Crippen LogP contribution in [0.5, 0.6) is 0 Å². The van der Waals surface area contributed by atoms with Crippen molar-refractivity contribution in [1.29, 1.82) is 0 Å². The molecule has 0 fully saturated rings. The van der Waals surface area contributed by atoms with Gasteiger partial charge in [-0.3, -0.25) is 4.79 Å². The van der Waals surface area contributed by atoms with Crippen LogP contribution in [0.3, 0.4) is 0 Å². The molecule has 0 aliphatic rings. The quantitative estimate of drug-likeness (QED) is 0.766. The number of amides is 1. The Kier molecular flexibility index (Phi) is 5.77. The van der Waals surface area contributed by atoms with Crippen LogP contribution in [0.25, 0.3) is 0 Å². The topological polar surface area (TPSA) is 66.4 Å². The lowest BCUT2D eigenvalue weighted by atomic mass is 9.84. The number of carbonyl (C=O) groups excluding carboxylic acids is 1. The molecule has 4 nitrogen and oxygen atoms in total. The van der Waals surface area contributed by atoms with Crippen molar-refractivity contribution in [2.45, 2.75) is 18.4 Å². The van der Waals surface area contributed by atoms with Crippen molar-refractivity contribution >= 4 is 23.5 Å². The number of carboxylic acid groups (broad SMARTS) is 1. The third kappa shape index (κ3) is 4.57. The monoisotopic (exact) mass is 331 g/mol. The highest BCUT2D eigenvalue weighted by molar-refractivity contribution is 6.27. The minimum Gasteiger partial charge on any atom is -0.479 e. The fourth-order valence-corrected chi connectivity index (χ4v) is 2.61. The molecule has 2 aromatic rings. The molecule has 0 saturated heterocycles. The molecule has 0 aliphatic heterocycles. The summed E-state index contributed by atoms with van der Waals surface area (Å²) in [5, 5.41) is 12.4. The Balaban J connectivity index is 2.37. The third-order valence-corrected chi connectivity index (χ3v) is 3.85. The maximum absolute atomic E-state index is 12.0. The van der Waals surface area contributed by atoms with Crippen molar-refractivity contribution in [3.8, 4) is 0 Å². The molecule has 5 heteroatoms. The van der Waals surface area contributed by atoms with E-state index in [1.54, 1.807) is 0 Å². The van der Waals surface area contributed by atoms with Crippen molar-refractivity contribution in [2.75, 3.05) is 5.88 Å². The lowest BCUT2D eigenvalue weighted by molar-refractivity contribution is -0.147. The van der Waals surface area contributed by atoms with Crippen LogP contribution in [0.4, 0.5) is 0 Å². The van der Waals surface area contributed by atoms with Crippen molar-refractivity contribution in [2.24, 2.45) is 0 Å². The molecule has 120 valence electrons. The summed E-state index contributed by atoms with van der Waals surface area (Å²) in [5.74, 6) is -1.86. The number of hydrogen-bond acceptors (Lipinski definition) is 2. The average molecular weight is 332 g/mol. The molecule has 2 aromatic carbocycles. The molecule has 0 aliphatic carbocycles. The summed E-state index contributed by atoms with van der Waals surface area (Å²) in [6.45, 7) is 0. The summed E-state index contributed by atoms with van der Waals surface area (Å²) in [7, 11) is 0. The number of nitrogens with one attached hydrogen (secondary N) is 1. The highest BCUT2D eigenvalue weighted by atomic mass is 35.5. The number of rotatable bonds is 7. The number of halogens is 1. The van der Waals surface area contributed by atoms with E-state index in [1.807, 2.05) is 60.7 Å². The lowest BCUT2D eigenvalue weighted by Crippen LogP contribution is -2.58. The summed E-state index contributed by atoms with van der Waals surface area (Å²) in [5.41, 5.74) is 0.232. The first-order valence-corrected chi connectivity index (χ1v) is 7.77. The molecule has 0 unspecified atom stereocenters. The molecular formula is C18H18ClNO3. The second kappa shape index (κ2) is 7.79. The van der Waals surface area contributed by atoms with Crippen LogP contribution in [0, 0.1) is 0 Å². The summed E-state index contributed by atoms with van der Waals surface area (Å²) < 4.78 is 0. The highest BCUT2D eigenvalue weighted by Crippen LogP contribution is 2.20. The van der Waals surface area contributed by atoms with Crippen LogP contribution in [-0.2, 0) is 22.4 Å². The van der Waals surface area contributed by atoms with Gasteiger partial charge < -0.3 is 10.4 Å². The van der Waals surface area contributed by atoms with Gasteiger partial charge >= 0.3 is 5.97 Å². The van der Waals surface area contributed by atoms with Gasteiger partial charge in [0.15, 0.2) is 0 Å². The number of hydrogen-bond donors (Lipinski definition) is 2. The third-order valence-electron chi connectivity index (χ3n) is 3.61. The van der Waals surface area contributed by atoms with Crippen LogP contribution in [-0.4, -0.2) is 28.4 Å². The molecule has 0 spiro atoms. The molecule has 0 bridgehead atoms. The zero-order chi connectivity index (χ0) is 16.7. The zero-order valence-electron chi connectivity index (χ0n) is 12.5. The first-order chi connectivity index (χ1) is 11.1. The van der Waals surface area contributed by atoms with E-state index in [0.717, 1.165) is 11.1 Å². The van der Waals surface area contributed by atoms with Crippen LogP contribution < -0.4 is 5.32 Å². The van der Waals surface area contributed by atoms with E-state index in [9.17, 15) is 14.7 Å². The minimum atomic E-state index is -1.44. The SMILES string of the molecule is O=C(CCl)NC(Cc1ccccc1)(Cc1ccccc1)C(=O)O. The van der Waals surface area contributed by atoms with Gasteiger partial charge in [-0.1, -0.05) is 60.7 Å². The second-order valence-corrected chi connectivity index (χ2v) is 5.66. The van der Waals surface area contributed by atoms with Gasteiger partial charge in [-0.05, 0) is 11.1 Å². The molecular weight excluding hydrogens is 314 g/mol. The molecule has 0 heterocycles. The predicted molar refractivity (Wildman–Crippen MR) is 89.5 cm³/mol. The minimum absolute atomic E-state index is 0.181. The van der Waals surface area contributed by atoms with E-state index in [2.05, 4.69) is 5.32 Å². The number of carbonyl (C=O) groups is 2. The highest BCUT2D eigenvalue weighted by Gasteiger charge is 2.40. The summed E-state index contributed by atoms with van der Waals surface area (Å²) in [6, 6.07) is 18.5. The van der Waals surface area contributed by atoms with Gasteiger partial charge in [0.25, 0.3) is 0 Å². The van der Waals surface area contributed by atoms with Crippen molar-refractivity contribution in [3.63, 3.8) is 0 Å². The summed E-state index contributed by atoms with van der Waals surface area (Å²) >= 11 is 5.56. The molecule has 0 aromatic heterocycles. The Labute approximate surface area is 140 Å². The zero-order valence-corrected chi connectivity index (χ0v) is 13.3. The molecule has 0 atom stereocenters. The predicted octanol–water partition coefficient (Wildman–Crippen LogP) is 2.65. The Hall–Kier alpha value is -2.33. The van der Waals surface area contributed by atoms with Gasteiger partial charge in [-0.15, -0.1) is 11.6 Å².